The van der Waals surface area contributed by atoms with Gasteiger partial charge in [0.2, 0.25) is 0 Å². The topological polar surface area (TPSA) is 66.1 Å². The minimum absolute atomic E-state index is 0. The van der Waals surface area contributed by atoms with E-state index in [4.69, 9.17) is 15.0 Å². The molecule has 1 heterocycles. The van der Waals surface area contributed by atoms with E-state index in [0.717, 1.165) is 61.1 Å². The molecule has 0 amide bonds. The Bertz CT molecular complexity index is 1440. The smallest absolute Gasteiger partial charge is 2.00 e. The van der Waals surface area contributed by atoms with E-state index in [1.807, 2.05) is 0 Å². The van der Waals surface area contributed by atoms with Gasteiger partial charge < -0.3 is 5.48 Å². The summed E-state index contributed by atoms with van der Waals surface area (Å²) in [7, 11) is -1.65. The molecule has 0 saturated heterocycles. The van der Waals surface area contributed by atoms with Gasteiger partial charge in [0.05, 0.1) is 72.2 Å². The van der Waals surface area contributed by atoms with Crippen LogP contribution in [0.3, 0.4) is 0 Å². The van der Waals surface area contributed by atoms with Crippen molar-refractivity contribution in [3.05, 3.63) is 151 Å². The molecule has 0 bridgehead atoms. The Morgan fingerprint density at radius 2 is 0.783 bits per heavy atom. The molecule has 0 atom stereocenters. The van der Waals surface area contributed by atoms with Crippen molar-refractivity contribution in [2.24, 2.45) is 9.98 Å². The Morgan fingerprint density at radius 1 is 0.478 bits per heavy atom. The summed E-state index contributed by atoms with van der Waals surface area (Å²) in [4.78, 5) is 14.8. The SMILES string of the molecule is CC(=NCCC[PH+](c1ccccc1)c1ccccc1)c1cccc(C(C)=NCCC[PH+](c2ccccc2)c2ccccc2)n1.[Mo+2].[O-2]. The van der Waals surface area contributed by atoms with Crippen LogP contribution in [0, 0.1) is 0 Å². The summed E-state index contributed by atoms with van der Waals surface area (Å²) < 4.78 is 0. The number of benzene rings is 4. The molecule has 1 aromatic heterocycles. The zero-order chi connectivity index (χ0) is 30.4. The first-order chi connectivity index (χ1) is 21.7. The molecule has 4 nitrogen and oxygen atoms in total. The van der Waals surface area contributed by atoms with Gasteiger partial charge in [-0.25, -0.2) is 4.98 Å². The van der Waals surface area contributed by atoms with Crippen molar-refractivity contribution in [1.82, 2.24) is 4.98 Å². The molecule has 0 spiro atoms. The summed E-state index contributed by atoms with van der Waals surface area (Å²) in [5.41, 5.74) is 3.86. The van der Waals surface area contributed by atoms with Crippen LogP contribution in [-0.4, -0.2) is 41.8 Å². The molecule has 5 aromatic rings. The molecular weight excluding hydrogens is 684 g/mol. The minimum Gasteiger partial charge on any atom is -2.00 e. The van der Waals surface area contributed by atoms with E-state index in [1.54, 1.807) is 0 Å². The Balaban J connectivity index is 0.00000288. The van der Waals surface area contributed by atoms with Gasteiger partial charge in [0, 0.05) is 25.9 Å². The zero-order valence-corrected chi connectivity index (χ0v) is 30.7. The molecule has 0 N–H and O–H groups in total. The molecule has 5 rings (SSSR count). The number of rotatable bonds is 14. The van der Waals surface area contributed by atoms with Crippen LogP contribution in [0.15, 0.2) is 150 Å². The fourth-order valence-electron chi connectivity index (χ4n) is 5.47. The molecule has 0 aliphatic heterocycles. The van der Waals surface area contributed by atoms with Crippen LogP contribution < -0.4 is 21.2 Å². The van der Waals surface area contributed by atoms with Gasteiger partial charge in [-0.05, 0) is 74.5 Å². The van der Waals surface area contributed by atoms with Crippen molar-refractivity contribution in [1.29, 1.82) is 0 Å². The Kier molecular flexibility index (Phi) is 16.4. The second-order valence-electron chi connectivity index (χ2n) is 11.0. The number of aromatic nitrogens is 1. The van der Waals surface area contributed by atoms with Gasteiger partial charge >= 0.3 is 21.1 Å². The summed E-state index contributed by atoms with van der Waals surface area (Å²) in [6.07, 6.45) is 4.44. The van der Waals surface area contributed by atoms with Gasteiger partial charge in [0.25, 0.3) is 0 Å². The average Bonchev–Trinajstić information content (AvgIpc) is 3.09. The van der Waals surface area contributed by atoms with E-state index in [-0.39, 0.29) is 26.5 Å². The van der Waals surface area contributed by atoms with Crippen LogP contribution in [0.4, 0.5) is 0 Å². The largest absolute Gasteiger partial charge is 2.00 e. The number of aliphatic imine (C=N–C) groups is 2. The first kappa shape index (κ1) is 37.3. The summed E-state index contributed by atoms with van der Waals surface area (Å²) >= 11 is 0. The maximum Gasteiger partial charge on any atom is 2.00 e. The predicted octanol–water partition coefficient (Wildman–Crippen LogP) is 7.09. The van der Waals surface area contributed by atoms with Gasteiger partial charge in [0.15, 0.2) is 0 Å². The predicted molar refractivity (Wildman–Crippen MR) is 199 cm³/mol. The van der Waals surface area contributed by atoms with E-state index >= 15 is 0 Å². The van der Waals surface area contributed by atoms with Crippen molar-refractivity contribution in [3.63, 3.8) is 0 Å². The van der Waals surface area contributed by atoms with Crippen molar-refractivity contribution < 1.29 is 26.5 Å². The summed E-state index contributed by atoms with van der Waals surface area (Å²) in [5, 5.41) is 5.86. The van der Waals surface area contributed by atoms with Crippen LogP contribution >= 0.6 is 15.8 Å². The fraction of sp³-hybridized carbons (Fsp3) is 0.205. The molecule has 0 radical (unpaired) electrons. The first-order valence-electron chi connectivity index (χ1n) is 15.6. The molecule has 0 aliphatic rings. The minimum atomic E-state index is -0.826. The molecule has 0 fully saturated rings. The molecule has 7 heteroatoms. The van der Waals surface area contributed by atoms with Crippen LogP contribution in [0.25, 0.3) is 0 Å². The average molecular weight is 728 g/mol. The maximum absolute atomic E-state index is 4.94. The van der Waals surface area contributed by atoms with Gasteiger partial charge in [-0.2, -0.15) is 0 Å². The normalized spacial score (nSPS) is 11.7. The molecule has 4 aromatic carbocycles. The fourth-order valence-corrected chi connectivity index (χ4v) is 10.7. The maximum atomic E-state index is 4.94. The van der Waals surface area contributed by atoms with Crippen LogP contribution in [-0.2, 0) is 26.5 Å². The Morgan fingerprint density at radius 3 is 1.09 bits per heavy atom. The van der Waals surface area contributed by atoms with E-state index in [2.05, 4.69) is 153 Å². The van der Waals surface area contributed by atoms with Crippen molar-refractivity contribution in [2.45, 2.75) is 26.7 Å². The van der Waals surface area contributed by atoms with E-state index in [9.17, 15) is 0 Å². The third-order valence-corrected chi connectivity index (χ3v) is 13.7. The van der Waals surface area contributed by atoms with Gasteiger partial charge in [-0.15, -0.1) is 0 Å². The number of hydrogen-bond donors (Lipinski definition) is 0. The molecular formula is C39H43MoN3OP2+2. The summed E-state index contributed by atoms with van der Waals surface area (Å²) in [6.45, 7) is 5.78. The van der Waals surface area contributed by atoms with Gasteiger partial charge in [0.1, 0.15) is 0 Å². The van der Waals surface area contributed by atoms with Crippen LogP contribution in [0.5, 0.6) is 0 Å². The number of nitrogens with zero attached hydrogens (tertiary/aromatic N) is 3. The second kappa shape index (κ2) is 20.2. The monoisotopic (exact) mass is 729 g/mol. The quantitative estimate of drug-likeness (QED) is 0.0522. The van der Waals surface area contributed by atoms with E-state index in [1.165, 1.54) is 21.2 Å². The van der Waals surface area contributed by atoms with Crippen LogP contribution in [0.1, 0.15) is 38.1 Å². The molecule has 0 unspecified atom stereocenters. The van der Waals surface area contributed by atoms with Crippen molar-refractivity contribution in [2.75, 3.05) is 25.4 Å². The zero-order valence-electron chi connectivity index (χ0n) is 26.7. The molecule has 234 valence electrons. The molecule has 0 saturated carbocycles. The first-order valence-corrected chi connectivity index (χ1v) is 19.0. The molecule has 0 aliphatic carbocycles. The third-order valence-electron chi connectivity index (χ3n) is 7.85. The number of hydrogen-bond acceptors (Lipinski definition) is 3. The van der Waals surface area contributed by atoms with Crippen molar-refractivity contribution >= 4 is 48.5 Å². The summed E-state index contributed by atoms with van der Waals surface area (Å²) in [5.74, 6) is 0. The van der Waals surface area contributed by atoms with Crippen molar-refractivity contribution in [3.8, 4) is 0 Å². The second-order valence-corrected chi connectivity index (χ2v) is 16.2. The van der Waals surface area contributed by atoms with Crippen LogP contribution in [0.2, 0.25) is 0 Å². The van der Waals surface area contributed by atoms with Gasteiger partial charge in [-0.3, -0.25) is 9.98 Å². The molecule has 46 heavy (non-hydrogen) atoms. The Labute approximate surface area is 291 Å². The third kappa shape index (κ3) is 11.0. The standard InChI is InChI=1S/C39H41N3P2.Mo.O/c1-32(40-28-16-30-43(34-18-7-3-8-19-34)35-20-9-4-10-21-35)38-26-15-27-39(42-38)33(2)41-29-17-31-44(36-22-11-5-12-23-36)37-24-13-6-14-25-37;;/h3-15,18-27H,16-17,28-31H2,1-2H3;;/q;+2;-2/p+2. The van der Waals surface area contributed by atoms with E-state index in [0.29, 0.717) is 0 Å². The van der Waals surface area contributed by atoms with Gasteiger partial charge in [-0.1, -0.05) is 78.9 Å². The Hall–Kier alpha value is -3.12. The summed E-state index contributed by atoms with van der Waals surface area (Å²) in [6, 6.07) is 50.1. The van der Waals surface area contributed by atoms with E-state index < -0.39 is 15.8 Å². The number of pyridine rings is 1.